The lowest BCUT2D eigenvalue weighted by molar-refractivity contribution is 0.0668. The molecule has 0 amide bonds. The third-order valence-corrected chi connectivity index (χ3v) is 4.84. The number of carbonyl (C=O) groups is 1. The van der Waals surface area contributed by atoms with E-state index in [9.17, 15) is 4.79 Å². The van der Waals surface area contributed by atoms with Crippen LogP contribution in [-0.4, -0.2) is 29.3 Å². The molecule has 2 rings (SSSR count). The van der Waals surface area contributed by atoms with Crippen LogP contribution in [0.4, 0.5) is 0 Å². The van der Waals surface area contributed by atoms with Crippen molar-refractivity contribution in [2.45, 2.75) is 58.4 Å². The summed E-state index contributed by atoms with van der Waals surface area (Å²) in [7, 11) is 0. The van der Waals surface area contributed by atoms with Crippen molar-refractivity contribution < 1.29 is 4.79 Å². The first-order chi connectivity index (χ1) is 9.50. The molecule has 110 valence electrons. The molecule has 0 unspecified atom stereocenters. The molecule has 0 N–H and O–H groups in total. The van der Waals surface area contributed by atoms with Crippen LogP contribution in [0.15, 0.2) is 24.3 Å². The van der Waals surface area contributed by atoms with Crippen molar-refractivity contribution >= 4 is 5.78 Å². The Bertz CT molecular complexity index is 470. The van der Waals surface area contributed by atoms with Crippen molar-refractivity contribution in [2.24, 2.45) is 0 Å². The summed E-state index contributed by atoms with van der Waals surface area (Å²) in [6.07, 6.45) is 3.88. The predicted octanol–water partition coefficient (Wildman–Crippen LogP) is 4.26. The summed E-state index contributed by atoms with van der Waals surface area (Å²) in [6.45, 7) is 10.1. The smallest absolute Gasteiger partial charge is 0.182 e. The molecule has 1 saturated carbocycles. The second-order valence-electron chi connectivity index (χ2n) is 6.31. The molecule has 1 fully saturated rings. The molecule has 1 aliphatic carbocycles. The van der Waals surface area contributed by atoms with E-state index in [1.165, 1.54) is 24.8 Å². The lowest BCUT2D eigenvalue weighted by Crippen LogP contribution is -2.49. The van der Waals surface area contributed by atoms with Gasteiger partial charge in [-0.2, -0.15) is 0 Å². The first-order valence-corrected chi connectivity index (χ1v) is 7.90. The zero-order valence-corrected chi connectivity index (χ0v) is 13.3. The molecule has 0 spiro atoms. The van der Waals surface area contributed by atoms with Crippen LogP contribution >= 0.6 is 0 Å². The number of nitrogens with zero attached hydrogens (tertiary/aromatic N) is 1. The third kappa shape index (κ3) is 2.80. The van der Waals surface area contributed by atoms with Crippen molar-refractivity contribution in [2.75, 3.05) is 13.1 Å². The number of ketones is 1. The topological polar surface area (TPSA) is 20.3 Å². The van der Waals surface area contributed by atoms with Gasteiger partial charge in [-0.25, -0.2) is 0 Å². The average Bonchev–Trinajstić information content (AvgIpc) is 2.37. The molecule has 0 bridgehead atoms. The monoisotopic (exact) mass is 273 g/mol. The van der Waals surface area contributed by atoms with Crippen LogP contribution < -0.4 is 0 Å². The van der Waals surface area contributed by atoms with Gasteiger partial charge >= 0.3 is 0 Å². The molecule has 2 nitrogen and oxygen atoms in total. The van der Waals surface area contributed by atoms with Gasteiger partial charge in [-0.3, -0.25) is 9.69 Å². The quantitative estimate of drug-likeness (QED) is 0.722. The number of carbonyl (C=O) groups excluding carboxylic acids is 1. The van der Waals surface area contributed by atoms with Gasteiger partial charge in [0.05, 0.1) is 5.54 Å². The summed E-state index contributed by atoms with van der Waals surface area (Å²) >= 11 is 0. The van der Waals surface area contributed by atoms with Gasteiger partial charge in [0.25, 0.3) is 0 Å². The molecule has 1 aromatic rings. The SMILES string of the molecule is CCN(CC)C(C)(C)C(=O)c1cccc(C2CCC2)c1. The highest BCUT2D eigenvalue weighted by molar-refractivity contribution is 6.02. The van der Waals surface area contributed by atoms with E-state index in [1.807, 2.05) is 26.0 Å². The highest BCUT2D eigenvalue weighted by Gasteiger charge is 2.33. The van der Waals surface area contributed by atoms with Gasteiger partial charge < -0.3 is 0 Å². The van der Waals surface area contributed by atoms with E-state index in [4.69, 9.17) is 0 Å². The average molecular weight is 273 g/mol. The van der Waals surface area contributed by atoms with Crippen molar-refractivity contribution in [3.63, 3.8) is 0 Å². The number of rotatable bonds is 6. The molecule has 0 heterocycles. The molecule has 0 radical (unpaired) electrons. The molecule has 20 heavy (non-hydrogen) atoms. The summed E-state index contributed by atoms with van der Waals surface area (Å²) in [4.78, 5) is 15.1. The van der Waals surface area contributed by atoms with Gasteiger partial charge in [0.15, 0.2) is 5.78 Å². The Balaban J connectivity index is 2.23. The summed E-state index contributed by atoms with van der Waals surface area (Å²) in [5, 5.41) is 0. The van der Waals surface area contributed by atoms with Gasteiger partial charge in [0.2, 0.25) is 0 Å². The van der Waals surface area contributed by atoms with Gasteiger partial charge in [0.1, 0.15) is 0 Å². The zero-order chi connectivity index (χ0) is 14.8. The van der Waals surface area contributed by atoms with Crippen molar-refractivity contribution in [3.05, 3.63) is 35.4 Å². The van der Waals surface area contributed by atoms with Gasteiger partial charge in [-0.05, 0) is 57.3 Å². The Morgan fingerprint density at radius 1 is 1.25 bits per heavy atom. The fourth-order valence-corrected chi connectivity index (χ4v) is 3.19. The van der Waals surface area contributed by atoms with E-state index >= 15 is 0 Å². The number of Topliss-reactive ketones (excluding diaryl/α,β-unsaturated/α-hetero) is 1. The lowest BCUT2D eigenvalue weighted by Gasteiger charge is -2.36. The minimum atomic E-state index is -0.429. The Hall–Kier alpha value is -1.15. The Morgan fingerprint density at radius 2 is 1.90 bits per heavy atom. The van der Waals surface area contributed by atoms with Crippen molar-refractivity contribution in [3.8, 4) is 0 Å². The summed E-state index contributed by atoms with van der Waals surface area (Å²) in [6, 6.07) is 8.30. The standard InChI is InChI=1S/C18H27NO/c1-5-19(6-2)18(3,4)17(20)16-12-8-11-15(13-16)14-9-7-10-14/h8,11-14H,5-7,9-10H2,1-4H3. The third-order valence-electron chi connectivity index (χ3n) is 4.84. The van der Waals surface area contributed by atoms with Gasteiger partial charge in [-0.1, -0.05) is 38.5 Å². The van der Waals surface area contributed by atoms with Crippen LogP contribution in [0.3, 0.4) is 0 Å². The zero-order valence-electron chi connectivity index (χ0n) is 13.3. The van der Waals surface area contributed by atoms with Crippen molar-refractivity contribution in [1.29, 1.82) is 0 Å². The van der Waals surface area contributed by atoms with Crippen molar-refractivity contribution in [1.82, 2.24) is 4.90 Å². The molecule has 1 aromatic carbocycles. The highest BCUT2D eigenvalue weighted by atomic mass is 16.1. The van der Waals surface area contributed by atoms with E-state index in [2.05, 4.69) is 30.9 Å². The first kappa shape index (κ1) is 15.2. The Morgan fingerprint density at radius 3 is 2.40 bits per heavy atom. The second kappa shape index (κ2) is 6.09. The number of benzene rings is 1. The van der Waals surface area contributed by atoms with Crippen LogP contribution in [0, 0.1) is 0 Å². The van der Waals surface area contributed by atoms with Crippen LogP contribution in [-0.2, 0) is 0 Å². The van der Waals surface area contributed by atoms with E-state index in [0.29, 0.717) is 5.92 Å². The molecule has 0 saturated heterocycles. The minimum absolute atomic E-state index is 0.238. The van der Waals surface area contributed by atoms with E-state index in [1.54, 1.807) is 0 Å². The second-order valence-corrected chi connectivity index (χ2v) is 6.31. The summed E-state index contributed by atoms with van der Waals surface area (Å²) < 4.78 is 0. The summed E-state index contributed by atoms with van der Waals surface area (Å²) in [5.41, 5.74) is 1.78. The normalized spacial score (nSPS) is 16.2. The maximum absolute atomic E-state index is 12.9. The molecule has 1 aliphatic rings. The Labute approximate surface area is 123 Å². The number of hydrogen-bond donors (Lipinski definition) is 0. The Kier molecular flexibility index (Phi) is 4.64. The molecule has 0 atom stereocenters. The highest BCUT2D eigenvalue weighted by Crippen LogP contribution is 2.36. The van der Waals surface area contributed by atoms with Crippen LogP contribution in [0.2, 0.25) is 0 Å². The van der Waals surface area contributed by atoms with E-state index < -0.39 is 5.54 Å². The van der Waals surface area contributed by atoms with E-state index in [-0.39, 0.29) is 5.78 Å². The van der Waals surface area contributed by atoms with Gasteiger partial charge in [-0.15, -0.1) is 0 Å². The molecule has 0 aromatic heterocycles. The maximum Gasteiger partial charge on any atom is 0.182 e. The molecule has 2 heteroatoms. The van der Waals surface area contributed by atoms with Crippen LogP contribution in [0.5, 0.6) is 0 Å². The fourth-order valence-electron chi connectivity index (χ4n) is 3.19. The van der Waals surface area contributed by atoms with Crippen LogP contribution in [0.1, 0.15) is 68.8 Å². The minimum Gasteiger partial charge on any atom is -0.292 e. The molecule has 0 aliphatic heterocycles. The number of hydrogen-bond acceptors (Lipinski definition) is 2. The first-order valence-electron chi connectivity index (χ1n) is 7.90. The molecular formula is C18H27NO. The van der Waals surface area contributed by atoms with E-state index in [0.717, 1.165) is 18.7 Å². The maximum atomic E-state index is 12.9. The fraction of sp³-hybridized carbons (Fsp3) is 0.611. The predicted molar refractivity (Wildman–Crippen MR) is 84.4 cm³/mol. The van der Waals surface area contributed by atoms with Crippen LogP contribution in [0.25, 0.3) is 0 Å². The lowest BCUT2D eigenvalue weighted by atomic mass is 9.79. The molecular weight excluding hydrogens is 246 g/mol. The van der Waals surface area contributed by atoms with Gasteiger partial charge in [0, 0.05) is 5.56 Å². The number of likely N-dealkylation sites (N-methyl/N-ethyl adjacent to an activating group) is 1. The largest absolute Gasteiger partial charge is 0.292 e. The summed E-state index contributed by atoms with van der Waals surface area (Å²) in [5.74, 6) is 0.918.